The average molecular weight is 263 g/mol. The van der Waals surface area contributed by atoms with Crippen LogP contribution in [0.4, 0.5) is 0 Å². The molecular weight excluding hydrogens is 242 g/mol. The number of carbonyl (C=O) groups excluding carboxylic acids is 1. The van der Waals surface area contributed by atoms with Crippen LogP contribution >= 0.6 is 0 Å². The van der Waals surface area contributed by atoms with Crippen LogP contribution in [-0.2, 0) is 9.59 Å². The second-order valence-corrected chi connectivity index (χ2v) is 6.21. The maximum atomic E-state index is 12.2. The van der Waals surface area contributed by atoms with Gasteiger partial charge in [-0.2, -0.15) is 0 Å². The Kier molecular flexibility index (Phi) is 3.33. The van der Waals surface area contributed by atoms with Gasteiger partial charge in [-0.25, -0.2) is 0 Å². The third-order valence-electron chi connectivity index (χ3n) is 4.83. The smallest absolute Gasteiger partial charge is 0.307 e. The third kappa shape index (κ3) is 2.53. The van der Waals surface area contributed by atoms with Crippen molar-refractivity contribution in [3.8, 4) is 0 Å². The third-order valence-corrected chi connectivity index (χ3v) is 4.83. The van der Waals surface area contributed by atoms with Gasteiger partial charge >= 0.3 is 5.97 Å². The number of fused-ring (bicyclic) bond motifs is 2. The molecule has 2 bridgehead atoms. The molecule has 2 fully saturated rings. The average Bonchev–Trinajstić information content (AvgIpc) is 2.97. The Morgan fingerprint density at radius 2 is 1.84 bits per heavy atom. The number of hydrogen-bond acceptors (Lipinski definition) is 2. The Morgan fingerprint density at radius 3 is 2.47 bits per heavy atom. The zero-order valence-electron chi connectivity index (χ0n) is 11.0. The summed E-state index contributed by atoms with van der Waals surface area (Å²) in [5, 5.41) is 12.2. The number of carboxylic acids is 1. The molecule has 0 aromatic heterocycles. The monoisotopic (exact) mass is 263 g/mol. The molecule has 19 heavy (non-hydrogen) atoms. The Labute approximate surface area is 113 Å². The summed E-state index contributed by atoms with van der Waals surface area (Å²) in [4.78, 5) is 23.5. The summed E-state index contributed by atoms with van der Waals surface area (Å²) in [6.45, 7) is 0.694. The first-order valence-corrected chi connectivity index (χ1v) is 7.35. The number of hydrogen-bond donors (Lipinski definition) is 2. The summed E-state index contributed by atoms with van der Waals surface area (Å²) >= 11 is 0. The van der Waals surface area contributed by atoms with E-state index in [2.05, 4.69) is 5.32 Å². The van der Waals surface area contributed by atoms with Crippen molar-refractivity contribution in [1.82, 2.24) is 5.32 Å². The standard InChI is InChI=1S/C15H21NO3/c17-14(16-7-1-2-9-3-4-9)12-10-5-6-11(8-10)13(12)15(18)19/h5-6,9-13H,1-4,7-8H2,(H,16,17)(H,18,19). The Hall–Kier alpha value is -1.32. The summed E-state index contributed by atoms with van der Waals surface area (Å²) in [6.07, 6.45) is 9.72. The maximum absolute atomic E-state index is 12.2. The van der Waals surface area contributed by atoms with Gasteiger partial charge in [-0.15, -0.1) is 0 Å². The van der Waals surface area contributed by atoms with Crippen LogP contribution in [0.15, 0.2) is 12.2 Å². The van der Waals surface area contributed by atoms with Gasteiger partial charge in [-0.05, 0) is 37.0 Å². The number of carboxylic acid groups (broad SMARTS) is 1. The van der Waals surface area contributed by atoms with Crippen molar-refractivity contribution in [2.45, 2.75) is 32.1 Å². The molecule has 104 valence electrons. The lowest BCUT2D eigenvalue weighted by atomic mass is 9.82. The number of nitrogens with one attached hydrogen (secondary N) is 1. The van der Waals surface area contributed by atoms with Crippen molar-refractivity contribution >= 4 is 11.9 Å². The van der Waals surface area contributed by atoms with Gasteiger partial charge in [0.1, 0.15) is 0 Å². The quantitative estimate of drug-likeness (QED) is 0.567. The fourth-order valence-corrected chi connectivity index (χ4v) is 3.64. The van der Waals surface area contributed by atoms with Gasteiger partial charge in [0, 0.05) is 6.54 Å². The molecule has 3 rings (SSSR count). The highest BCUT2D eigenvalue weighted by Crippen LogP contribution is 2.48. The Morgan fingerprint density at radius 1 is 1.16 bits per heavy atom. The molecule has 4 nitrogen and oxygen atoms in total. The minimum atomic E-state index is -0.824. The number of aliphatic carboxylic acids is 1. The molecule has 4 heteroatoms. The molecule has 2 saturated carbocycles. The summed E-state index contributed by atoms with van der Waals surface area (Å²) in [5.74, 6) is -0.671. The largest absolute Gasteiger partial charge is 0.481 e. The van der Waals surface area contributed by atoms with Gasteiger partial charge in [0.05, 0.1) is 11.8 Å². The van der Waals surface area contributed by atoms with E-state index in [1.54, 1.807) is 0 Å². The molecule has 0 aromatic carbocycles. The first-order valence-electron chi connectivity index (χ1n) is 7.35. The van der Waals surface area contributed by atoms with Crippen LogP contribution in [0.5, 0.6) is 0 Å². The molecule has 0 radical (unpaired) electrons. The van der Waals surface area contributed by atoms with Gasteiger partial charge in [0.25, 0.3) is 0 Å². The molecular formula is C15H21NO3. The van der Waals surface area contributed by atoms with Gasteiger partial charge < -0.3 is 10.4 Å². The number of carbonyl (C=O) groups is 2. The zero-order chi connectivity index (χ0) is 13.4. The van der Waals surface area contributed by atoms with E-state index >= 15 is 0 Å². The molecule has 3 aliphatic carbocycles. The van der Waals surface area contributed by atoms with Crippen LogP contribution in [0.1, 0.15) is 32.1 Å². The molecule has 2 N–H and O–H groups in total. The fourth-order valence-electron chi connectivity index (χ4n) is 3.64. The van der Waals surface area contributed by atoms with E-state index in [1.165, 1.54) is 19.3 Å². The fraction of sp³-hybridized carbons (Fsp3) is 0.733. The van der Waals surface area contributed by atoms with Crippen molar-refractivity contribution < 1.29 is 14.7 Å². The van der Waals surface area contributed by atoms with Crippen molar-refractivity contribution in [3.05, 3.63) is 12.2 Å². The van der Waals surface area contributed by atoms with E-state index in [0.29, 0.717) is 6.54 Å². The predicted octanol–water partition coefficient (Wildman–Crippen LogP) is 1.82. The molecule has 0 heterocycles. The highest BCUT2D eigenvalue weighted by molar-refractivity contribution is 5.86. The van der Waals surface area contributed by atoms with E-state index in [4.69, 9.17) is 0 Å². The van der Waals surface area contributed by atoms with E-state index in [9.17, 15) is 14.7 Å². The lowest BCUT2D eigenvalue weighted by molar-refractivity contribution is -0.147. The van der Waals surface area contributed by atoms with Crippen molar-refractivity contribution in [2.24, 2.45) is 29.6 Å². The van der Waals surface area contributed by atoms with E-state index < -0.39 is 11.9 Å². The summed E-state index contributed by atoms with van der Waals surface area (Å²) < 4.78 is 0. The lowest BCUT2D eigenvalue weighted by Gasteiger charge is -2.23. The summed E-state index contributed by atoms with van der Waals surface area (Å²) in [7, 11) is 0. The Balaban J connectivity index is 1.52. The lowest BCUT2D eigenvalue weighted by Crippen LogP contribution is -2.40. The predicted molar refractivity (Wildman–Crippen MR) is 70.3 cm³/mol. The second-order valence-electron chi connectivity index (χ2n) is 6.21. The van der Waals surface area contributed by atoms with E-state index in [0.717, 1.165) is 18.8 Å². The molecule has 0 saturated heterocycles. The van der Waals surface area contributed by atoms with Crippen LogP contribution in [0.3, 0.4) is 0 Å². The van der Waals surface area contributed by atoms with Crippen LogP contribution in [-0.4, -0.2) is 23.5 Å². The summed E-state index contributed by atoms with van der Waals surface area (Å²) in [5.41, 5.74) is 0. The van der Waals surface area contributed by atoms with E-state index in [-0.39, 0.29) is 23.7 Å². The number of rotatable bonds is 6. The maximum Gasteiger partial charge on any atom is 0.307 e. The molecule has 0 aliphatic heterocycles. The highest BCUT2D eigenvalue weighted by atomic mass is 16.4. The second kappa shape index (κ2) is 4.99. The van der Waals surface area contributed by atoms with Crippen LogP contribution in [0.2, 0.25) is 0 Å². The molecule has 4 unspecified atom stereocenters. The minimum absolute atomic E-state index is 0.0555. The van der Waals surface area contributed by atoms with Gasteiger partial charge in [-0.1, -0.05) is 25.0 Å². The van der Waals surface area contributed by atoms with Crippen molar-refractivity contribution in [3.63, 3.8) is 0 Å². The minimum Gasteiger partial charge on any atom is -0.481 e. The van der Waals surface area contributed by atoms with Crippen LogP contribution < -0.4 is 5.32 Å². The van der Waals surface area contributed by atoms with Crippen LogP contribution in [0.25, 0.3) is 0 Å². The molecule has 1 amide bonds. The first-order chi connectivity index (χ1) is 9.16. The molecule has 3 aliphatic rings. The van der Waals surface area contributed by atoms with Gasteiger partial charge in [0.2, 0.25) is 5.91 Å². The highest BCUT2D eigenvalue weighted by Gasteiger charge is 2.51. The summed E-state index contributed by atoms with van der Waals surface area (Å²) in [6, 6.07) is 0. The van der Waals surface area contributed by atoms with E-state index in [1.807, 2.05) is 12.2 Å². The molecule has 4 atom stereocenters. The van der Waals surface area contributed by atoms with Crippen LogP contribution in [0, 0.1) is 29.6 Å². The SMILES string of the molecule is O=C(O)C1C2C=CC(C2)C1C(=O)NCCCC1CC1. The topological polar surface area (TPSA) is 66.4 Å². The molecule has 0 spiro atoms. The van der Waals surface area contributed by atoms with Crippen molar-refractivity contribution in [1.29, 1.82) is 0 Å². The Bertz CT molecular complexity index is 414. The van der Waals surface area contributed by atoms with Gasteiger partial charge in [-0.3, -0.25) is 9.59 Å². The zero-order valence-corrected chi connectivity index (χ0v) is 11.0. The number of amides is 1. The van der Waals surface area contributed by atoms with Crippen molar-refractivity contribution in [2.75, 3.05) is 6.54 Å². The normalized spacial score (nSPS) is 35.6. The van der Waals surface area contributed by atoms with Gasteiger partial charge in [0.15, 0.2) is 0 Å². The number of allylic oxidation sites excluding steroid dienone is 2. The molecule has 0 aromatic rings. The first kappa shape index (κ1) is 12.7.